The molecule has 0 atom stereocenters. The number of hydrogen-bond donors (Lipinski definition) is 0. The maximum Gasteiger partial charge on any atom is 0.153 e. The summed E-state index contributed by atoms with van der Waals surface area (Å²) in [5.41, 5.74) is 9.29. The third-order valence-electron chi connectivity index (χ3n) is 11.3. The summed E-state index contributed by atoms with van der Waals surface area (Å²) in [5, 5.41) is 20.6. The average molecular weight is 1300 g/mol. The number of methoxy groups -OCH3 is 10. The van der Waals surface area contributed by atoms with Gasteiger partial charge in [-0.2, -0.15) is 25.5 Å². The Balaban J connectivity index is 0.000000523. The van der Waals surface area contributed by atoms with Gasteiger partial charge in [-0.25, -0.2) is 9.97 Å². The zero-order chi connectivity index (χ0) is 68.9. The molecule has 0 aliphatic carbocycles. The van der Waals surface area contributed by atoms with E-state index < -0.39 is 0 Å². The molecule has 0 aliphatic heterocycles. The van der Waals surface area contributed by atoms with Gasteiger partial charge < -0.3 is 47.4 Å². The molecule has 10 aromatic heterocycles. The fourth-order valence-corrected chi connectivity index (χ4v) is 7.09. The molecule has 0 amide bonds. The standard InChI is InChI=1S/C8H14N2O.2C7H12N2O.3C7H9NO.2C6H10N2O.2C6H8N2O/c1-3-5-10-6-4-8(9-10)7-11-2;1-3-9-5-4-7(8-9)6-10-2;1-3-9-7(6-10-2)4-5-8-9;1-9-6-7-2-4-8-5-3-7;1-9-6-7-3-2-4-8-5-7;1-9-6-7-4-2-3-5-8-7;1-8-4-3-6(7-8)5-9-2;1-8-6(5-9-2)3-4-7-8;1-9-5-6-4-7-2-3-8-6;1-9-5-6-7-3-2-4-8-6/h4,6H,3,5,7H2,1-2H3;2*4-5H,3,6H2,1-2H3;3*2-5H,6H2,1H3;2*3-4H,5H2,1-2H3;2*2-4H,5H2,1H3. The van der Waals surface area contributed by atoms with Crippen LogP contribution in [0.25, 0.3) is 0 Å². The maximum absolute atomic E-state index is 4.97. The molecule has 27 nitrogen and oxygen atoms in total. The van der Waals surface area contributed by atoms with E-state index in [1.807, 2.05) is 120 Å². The van der Waals surface area contributed by atoms with Crippen molar-refractivity contribution in [2.45, 2.75) is 113 Å². The van der Waals surface area contributed by atoms with Crippen LogP contribution in [-0.4, -0.2) is 155 Å². The summed E-state index contributed by atoms with van der Waals surface area (Å²) >= 11 is 0. The molecule has 0 aliphatic rings. The molecule has 0 N–H and O–H groups in total. The second kappa shape index (κ2) is 58.1. The quantitative estimate of drug-likeness (QED) is 0.0544. The summed E-state index contributed by atoms with van der Waals surface area (Å²) in [4.78, 5) is 27.5. The molecule has 0 saturated heterocycles. The van der Waals surface area contributed by atoms with Gasteiger partial charge in [-0.1, -0.05) is 19.1 Å². The predicted molar refractivity (Wildman–Crippen MR) is 359 cm³/mol. The number of aromatic nitrogens is 17. The molecular formula is C67H101N17O10. The summed E-state index contributed by atoms with van der Waals surface area (Å²) in [6, 6.07) is 25.1. The highest BCUT2D eigenvalue weighted by Gasteiger charge is 2.00. The molecule has 0 fully saturated rings. The first kappa shape index (κ1) is 83.3. The Kier molecular flexibility index (Phi) is 51.5. The van der Waals surface area contributed by atoms with Crippen molar-refractivity contribution >= 4 is 0 Å². The first-order chi connectivity index (χ1) is 45.9. The minimum absolute atomic E-state index is 0.487. The molecule has 10 rings (SSSR count). The lowest BCUT2D eigenvalue weighted by molar-refractivity contribution is 0.177. The van der Waals surface area contributed by atoms with Crippen LogP contribution in [0, 0.1) is 0 Å². The van der Waals surface area contributed by atoms with Gasteiger partial charge >= 0.3 is 0 Å². The Labute approximate surface area is 555 Å². The lowest BCUT2D eigenvalue weighted by atomic mass is 10.3. The third-order valence-corrected chi connectivity index (χ3v) is 11.3. The molecule has 10 aromatic rings. The summed E-state index contributed by atoms with van der Waals surface area (Å²) in [7, 11) is 20.4. The topological polar surface area (TPSA) is 272 Å². The molecule has 0 radical (unpaired) electrons. The minimum Gasteiger partial charge on any atom is -0.380 e. The van der Waals surface area contributed by atoms with Crippen LogP contribution in [0.2, 0.25) is 0 Å². The van der Waals surface area contributed by atoms with Crippen LogP contribution in [0.15, 0.2) is 172 Å². The number of hydrogen-bond acceptors (Lipinski definition) is 22. The lowest BCUT2D eigenvalue weighted by Gasteiger charge is -2.01. The van der Waals surface area contributed by atoms with Gasteiger partial charge in [-0.05, 0) is 98.1 Å². The van der Waals surface area contributed by atoms with Crippen molar-refractivity contribution in [3.63, 3.8) is 0 Å². The molecular weight excluding hydrogens is 1200 g/mol. The van der Waals surface area contributed by atoms with Gasteiger partial charge in [0.05, 0.1) is 106 Å². The Morgan fingerprint density at radius 1 is 0.340 bits per heavy atom. The Bertz CT molecular complexity index is 2930. The Morgan fingerprint density at radius 3 is 1.36 bits per heavy atom. The summed E-state index contributed by atoms with van der Waals surface area (Å²) in [6.45, 7) is 15.1. The van der Waals surface area contributed by atoms with Gasteiger partial charge in [0.15, 0.2) is 5.82 Å². The number of pyridine rings is 3. The van der Waals surface area contributed by atoms with Crippen LogP contribution >= 0.6 is 0 Å². The van der Waals surface area contributed by atoms with Crippen molar-refractivity contribution in [3.05, 3.63) is 229 Å². The van der Waals surface area contributed by atoms with Gasteiger partial charge in [0.1, 0.15) is 6.61 Å². The van der Waals surface area contributed by atoms with Gasteiger partial charge in [0, 0.05) is 192 Å². The molecule has 0 aromatic carbocycles. The second-order valence-electron chi connectivity index (χ2n) is 19.0. The van der Waals surface area contributed by atoms with E-state index in [2.05, 4.69) is 81.2 Å². The second-order valence-corrected chi connectivity index (χ2v) is 19.0. The summed E-state index contributed by atoms with van der Waals surface area (Å²) in [5.74, 6) is 0.722. The van der Waals surface area contributed by atoms with Crippen molar-refractivity contribution in [1.29, 1.82) is 0 Å². The van der Waals surface area contributed by atoms with Gasteiger partial charge in [0.2, 0.25) is 0 Å². The fraction of sp³-hybridized carbons (Fsp3) is 0.433. The summed E-state index contributed by atoms with van der Waals surface area (Å²) < 4.78 is 58.2. The molecule has 94 heavy (non-hydrogen) atoms. The predicted octanol–water partition coefficient (Wildman–Crippen LogP) is 9.60. The van der Waals surface area contributed by atoms with Gasteiger partial charge in [-0.15, -0.1) is 0 Å². The number of nitrogens with zero attached hydrogens (tertiary/aromatic N) is 17. The molecule has 0 bridgehead atoms. The number of rotatable bonds is 24. The smallest absolute Gasteiger partial charge is 0.153 e. The van der Waals surface area contributed by atoms with E-state index in [0.717, 1.165) is 82.9 Å². The third kappa shape index (κ3) is 42.4. The Hall–Kier alpha value is -8.74. The fourth-order valence-electron chi connectivity index (χ4n) is 7.09. The van der Waals surface area contributed by atoms with Crippen molar-refractivity contribution in [3.8, 4) is 0 Å². The van der Waals surface area contributed by atoms with Crippen LogP contribution in [0.4, 0.5) is 0 Å². The molecule has 10 heterocycles. The monoisotopic (exact) mass is 1300 g/mol. The van der Waals surface area contributed by atoms with E-state index in [4.69, 9.17) is 47.4 Å². The van der Waals surface area contributed by atoms with Crippen molar-refractivity contribution in [1.82, 2.24) is 83.8 Å². The Morgan fingerprint density at radius 2 is 0.862 bits per heavy atom. The normalized spacial score (nSPS) is 9.82. The molecule has 514 valence electrons. The van der Waals surface area contributed by atoms with Crippen LogP contribution < -0.4 is 0 Å². The van der Waals surface area contributed by atoms with Crippen molar-refractivity contribution < 1.29 is 47.4 Å². The van der Waals surface area contributed by atoms with Crippen LogP contribution in [-0.2, 0) is 147 Å². The van der Waals surface area contributed by atoms with Crippen LogP contribution in [0.5, 0.6) is 0 Å². The maximum atomic E-state index is 4.97. The lowest BCUT2D eigenvalue weighted by Crippen LogP contribution is -2.02. The largest absolute Gasteiger partial charge is 0.380 e. The zero-order valence-electron chi connectivity index (χ0n) is 57.8. The van der Waals surface area contributed by atoms with Gasteiger partial charge in [-0.3, -0.25) is 48.3 Å². The molecule has 0 unspecified atom stereocenters. The van der Waals surface area contributed by atoms with E-state index in [0.29, 0.717) is 66.1 Å². The summed E-state index contributed by atoms with van der Waals surface area (Å²) in [6.07, 6.45) is 27.7. The van der Waals surface area contributed by atoms with E-state index in [-0.39, 0.29) is 0 Å². The first-order valence-electron chi connectivity index (χ1n) is 30.0. The molecule has 0 saturated carbocycles. The van der Waals surface area contributed by atoms with E-state index in [9.17, 15) is 0 Å². The first-order valence-corrected chi connectivity index (χ1v) is 30.0. The number of aryl methyl sites for hydroxylation is 5. The highest BCUT2D eigenvalue weighted by atomic mass is 16.5. The highest BCUT2D eigenvalue weighted by Crippen LogP contribution is 2.02. The van der Waals surface area contributed by atoms with Crippen LogP contribution in [0.1, 0.15) is 84.0 Å². The van der Waals surface area contributed by atoms with Crippen molar-refractivity contribution in [2.24, 2.45) is 14.1 Å². The minimum atomic E-state index is 0.487. The average Bonchev–Trinajstić information content (AvgIpc) is 4.50. The highest BCUT2D eigenvalue weighted by molar-refractivity contribution is 5.08. The zero-order valence-corrected chi connectivity index (χ0v) is 57.8. The van der Waals surface area contributed by atoms with Gasteiger partial charge in [0.25, 0.3) is 0 Å². The van der Waals surface area contributed by atoms with E-state index >= 15 is 0 Å². The van der Waals surface area contributed by atoms with E-state index in [1.165, 1.54) is 0 Å². The van der Waals surface area contributed by atoms with Crippen LogP contribution in [0.3, 0.4) is 0 Å². The molecule has 27 heteroatoms. The van der Waals surface area contributed by atoms with E-state index in [1.54, 1.807) is 161 Å². The molecule has 0 spiro atoms. The number of ether oxygens (including phenoxy) is 10. The van der Waals surface area contributed by atoms with Crippen molar-refractivity contribution in [2.75, 3.05) is 71.1 Å². The SMILES string of the molecule is CCCn1ccc(COC)n1.CCn1ccc(COC)n1.CCn1nccc1COC.COCc1ccccn1.COCc1cccnc1.COCc1ccn(C)n1.COCc1ccncc1.COCc1ccnn1C.COCc1cnccn1.COCc1ncccn1.